The number of benzene rings is 1. The third kappa shape index (κ3) is 2.76. The molecule has 0 saturated heterocycles. The van der Waals surface area contributed by atoms with E-state index >= 15 is 0 Å². The number of hydrogen-bond acceptors (Lipinski definition) is 2. The molecule has 0 aliphatic heterocycles. The van der Waals surface area contributed by atoms with Gasteiger partial charge in [0, 0.05) is 29.6 Å². The highest BCUT2D eigenvalue weighted by atomic mass is 16.5. The molecule has 0 N–H and O–H groups in total. The standard InChI is InChI=1S/C19H22N4O/c1-13(21-22-20)12-23-9-8-15-10-14-6-7-17(11-18(14)19(15)23)24-16-4-2-3-5-16/h6-9,11,13,16H,2-5,10,12H2,1H3. The normalized spacial score (nSPS) is 17.2. The molecule has 1 fully saturated rings. The summed E-state index contributed by atoms with van der Waals surface area (Å²) in [6, 6.07) is 8.61. The Bertz CT molecular complexity index is 798. The minimum atomic E-state index is -0.0616. The lowest BCUT2D eigenvalue weighted by Gasteiger charge is -2.15. The van der Waals surface area contributed by atoms with Crippen molar-refractivity contribution < 1.29 is 4.74 Å². The number of hydrogen-bond donors (Lipinski definition) is 0. The van der Waals surface area contributed by atoms with E-state index in [4.69, 9.17) is 10.3 Å². The van der Waals surface area contributed by atoms with Gasteiger partial charge >= 0.3 is 0 Å². The molecule has 0 spiro atoms. The van der Waals surface area contributed by atoms with Gasteiger partial charge in [0.15, 0.2) is 0 Å². The van der Waals surface area contributed by atoms with Crippen LogP contribution in [0.1, 0.15) is 43.7 Å². The molecule has 1 unspecified atom stereocenters. The Balaban J connectivity index is 1.62. The summed E-state index contributed by atoms with van der Waals surface area (Å²) in [7, 11) is 0. The van der Waals surface area contributed by atoms with E-state index in [9.17, 15) is 0 Å². The molecule has 5 heteroatoms. The zero-order chi connectivity index (χ0) is 16.5. The zero-order valence-electron chi connectivity index (χ0n) is 14.0. The molecule has 0 radical (unpaired) electrons. The van der Waals surface area contributed by atoms with Crippen molar-refractivity contribution in [3.63, 3.8) is 0 Å². The fraction of sp³-hybridized carbons (Fsp3) is 0.474. The Morgan fingerprint density at radius 3 is 2.92 bits per heavy atom. The van der Waals surface area contributed by atoms with Gasteiger partial charge in [-0.15, -0.1) is 0 Å². The summed E-state index contributed by atoms with van der Waals surface area (Å²) < 4.78 is 8.38. The van der Waals surface area contributed by atoms with E-state index in [0.29, 0.717) is 12.6 Å². The number of azide groups is 1. The van der Waals surface area contributed by atoms with E-state index in [2.05, 4.69) is 45.1 Å². The highest BCUT2D eigenvalue weighted by molar-refractivity contribution is 5.75. The topological polar surface area (TPSA) is 62.9 Å². The average molecular weight is 322 g/mol. The van der Waals surface area contributed by atoms with Crippen molar-refractivity contribution in [2.24, 2.45) is 5.11 Å². The number of aromatic nitrogens is 1. The van der Waals surface area contributed by atoms with Crippen LogP contribution < -0.4 is 4.74 Å². The van der Waals surface area contributed by atoms with Crippen molar-refractivity contribution in [1.29, 1.82) is 0 Å². The van der Waals surface area contributed by atoms with Crippen LogP contribution in [0.25, 0.3) is 21.7 Å². The molecule has 4 rings (SSSR count). The molecule has 0 bridgehead atoms. The molecule has 1 aromatic heterocycles. The maximum absolute atomic E-state index is 8.62. The second kappa shape index (κ2) is 6.25. The van der Waals surface area contributed by atoms with Crippen LogP contribution in [0.15, 0.2) is 35.6 Å². The molecule has 1 atom stereocenters. The van der Waals surface area contributed by atoms with Gasteiger partial charge in [-0.2, -0.15) is 0 Å². The van der Waals surface area contributed by atoms with Crippen LogP contribution in [0.4, 0.5) is 0 Å². The molecule has 24 heavy (non-hydrogen) atoms. The Labute approximate surface area is 141 Å². The molecule has 0 amide bonds. The largest absolute Gasteiger partial charge is 0.490 e. The van der Waals surface area contributed by atoms with Crippen LogP contribution in [0, 0.1) is 0 Å². The van der Waals surface area contributed by atoms with Gasteiger partial charge in [0.2, 0.25) is 0 Å². The van der Waals surface area contributed by atoms with Crippen LogP contribution in [0.5, 0.6) is 5.75 Å². The van der Waals surface area contributed by atoms with Gasteiger partial charge in [-0.05, 0) is 60.5 Å². The third-order valence-electron chi connectivity index (χ3n) is 5.08. The van der Waals surface area contributed by atoms with Gasteiger partial charge in [0.05, 0.1) is 17.8 Å². The molecular formula is C19H22N4O. The highest BCUT2D eigenvalue weighted by Crippen LogP contribution is 2.40. The van der Waals surface area contributed by atoms with Gasteiger partial charge < -0.3 is 9.30 Å². The SMILES string of the molecule is CC(Cn1ccc2c1-c1cc(OC3CCCC3)ccc1C2)N=[N+]=[N-]. The zero-order valence-corrected chi connectivity index (χ0v) is 14.0. The maximum atomic E-state index is 8.62. The Morgan fingerprint density at radius 1 is 1.29 bits per heavy atom. The maximum Gasteiger partial charge on any atom is 0.120 e. The Kier molecular flexibility index (Phi) is 3.95. The molecule has 1 aromatic carbocycles. The molecule has 1 saturated carbocycles. The molecule has 2 aliphatic carbocycles. The summed E-state index contributed by atoms with van der Waals surface area (Å²) in [5.74, 6) is 0.976. The van der Waals surface area contributed by atoms with Crippen molar-refractivity contribution in [1.82, 2.24) is 4.57 Å². The first-order chi connectivity index (χ1) is 11.7. The van der Waals surface area contributed by atoms with Crippen molar-refractivity contribution in [3.8, 4) is 17.0 Å². The van der Waals surface area contributed by atoms with E-state index in [1.807, 2.05) is 6.92 Å². The summed E-state index contributed by atoms with van der Waals surface area (Å²) in [5.41, 5.74) is 13.8. The summed E-state index contributed by atoms with van der Waals surface area (Å²) >= 11 is 0. The highest BCUT2D eigenvalue weighted by Gasteiger charge is 2.24. The van der Waals surface area contributed by atoms with E-state index < -0.39 is 0 Å². The van der Waals surface area contributed by atoms with E-state index in [0.717, 1.165) is 12.2 Å². The van der Waals surface area contributed by atoms with Crippen molar-refractivity contribution in [2.75, 3.05) is 0 Å². The van der Waals surface area contributed by atoms with Gasteiger partial charge in [-0.1, -0.05) is 18.1 Å². The Morgan fingerprint density at radius 2 is 2.12 bits per heavy atom. The van der Waals surface area contributed by atoms with Gasteiger partial charge in [-0.3, -0.25) is 0 Å². The molecule has 124 valence electrons. The number of nitrogens with zero attached hydrogens (tertiary/aromatic N) is 4. The van der Waals surface area contributed by atoms with E-state index in [-0.39, 0.29) is 6.04 Å². The summed E-state index contributed by atoms with van der Waals surface area (Å²) in [6.07, 6.45) is 8.34. The second-order valence-corrected chi connectivity index (χ2v) is 6.92. The lowest BCUT2D eigenvalue weighted by atomic mass is 10.1. The minimum Gasteiger partial charge on any atom is -0.490 e. The summed E-state index contributed by atoms with van der Waals surface area (Å²) in [5, 5.41) is 3.80. The molecular weight excluding hydrogens is 300 g/mol. The molecule has 2 aromatic rings. The molecule has 5 nitrogen and oxygen atoms in total. The van der Waals surface area contributed by atoms with Crippen molar-refractivity contribution in [3.05, 3.63) is 52.0 Å². The minimum absolute atomic E-state index is 0.0616. The quantitative estimate of drug-likeness (QED) is 0.367. The first kappa shape index (κ1) is 15.2. The molecule has 1 heterocycles. The summed E-state index contributed by atoms with van der Waals surface area (Å²) in [6.45, 7) is 2.65. The smallest absolute Gasteiger partial charge is 0.120 e. The Hall–Kier alpha value is -2.39. The van der Waals surface area contributed by atoms with Crippen LogP contribution in [-0.2, 0) is 13.0 Å². The first-order valence-electron chi connectivity index (χ1n) is 8.77. The lowest BCUT2D eigenvalue weighted by Crippen LogP contribution is -2.11. The number of rotatable bonds is 5. The monoisotopic (exact) mass is 322 g/mol. The lowest BCUT2D eigenvalue weighted by molar-refractivity contribution is 0.210. The van der Waals surface area contributed by atoms with E-state index in [1.165, 1.54) is 48.1 Å². The van der Waals surface area contributed by atoms with Gasteiger partial charge in [0.25, 0.3) is 0 Å². The predicted molar refractivity (Wildman–Crippen MR) is 94.2 cm³/mol. The fourth-order valence-corrected chi connectivity index (χ4v) is 3.96. The van der Waals surface area contributed by atoms with Crippen LogP contribution in [0.2, 0.25) is 0 Å². The average Bonchev–Trinajstić information content (AvgIpc) is 3.26. The van der Waals surface area contributed by atoms with Crippen molar-refractivity contribution >= 4 is 0 Å². The third-order valence-corrected chi connectivity index (χ3v) is 5.08. The van der Waals surface area contributed by atoms with Crippen LogP contribution in [-0.4, -0.2) is 16.7 Å². The van der Waals surface area contributed by atoms with Crippen LogP contribution in [0.3, 0.4) is 0 Å². The van der Waals surface area contributed by atoms with Gasteiger partial charge in [-0.25, -0.2) is 0 Å². The van der Waals surface area contributed by atoms with Gasteiger partial charge in [0.1, 0.15) is 5.75 Å². The van der Waals surface area contributed by atoms with Crippen molar-refractivity contribution in [2.45, 2.75) is 57.7 Å². The fourth-order valence-electron chi connectivity index (χ4n) is 3.96. The van der Waals surface area contributed by atoms with Crippen LogP contribution >= 0.6 is 0 Å². The number of fused-ring (bicyclic) bond motifs is 3. The number of ether oxygens (including phenoxy) is 1. The summed E-state index contributed by atoms with van der Waals surface area (Å²) in [4.78, 5) is 2.92. The second-order valence-electron chi connectivity index (χ2n) is 6.92. The molecule has 2 aliphatic rings. The predicted octanol–water partition coefficient (Wildman–Crippen LogP) is 5.08. The first-order valence-corrected chi connectivity index (χ1v) is 8.77. The van der Waals surface area contributed by atoms with E-state index in [1.54, 1.807) is 0 Å².